The Morgan fingerprint density at radius 1 is 1.17 bits per heavy atom. The smallest absolute Gasteiger partial charge is 0.0404 e. The maximum atomic E-state index is 4.39. The Morgan fingerprint density at radius 2 is 2.00 bits per heavy atom. The van der Waals surface area contributed by atoms with Crippen molar-refractivity contribution in [2.45, 2.75) is 58.9 Å². The van der Waals surface area contributed by atoms with Crippen LogP contribution in [0.1, 0.15) is 52.1 Å². The van der Waals surface area contributed by atoms with E-state index < -0.39 is 0 Å². The molecule has 0 aliphatic carbocycles. The maximum Gasteiger partial charge on any atom is 0.0404 e. The van der Waals surface area contributed by atoms with Crippen molar-refractivity contribution in [3.8, 4) is 0 Å². The molecule has 1 atom stereocenters. The van der Waals surface area contributed by atoms with E-state index in [0.717, 1.165) is 18.9 Å². The fourth-order valence-corrected chi connectivity index (χ4v) is 2.28. The molecule has 0 bridgehead atoms. The number of nitrogens with zero attached hydrogens (tertiary/aromatic N) is 1. The minimum absolute atomic E-state index is 0.649. The largest absolute Gasteiger partial charge is 0.314 e. The SMILES string of the molecule is CCNC(CCCC(C)C)CCc1ccccn1. The van der Waals surface area contributed by atoms with Crippen LogP contribution in [0.25, 0.3) is 0 Å². The fraction of sp³-hybridized carbons (Fsp3) is 0.688. The molecule has 0 aliphatic heterocycles. The zero-order valence-corrected chi connectivity index (χ0v) is 12.2. The van der Waals surface area contributed by atoms with Crippen LogP contribution >= 0.6 is 0 Å². The Bertz CT molecular complexity index is 295. The topological polar surface area (TPSA) is 24.9 Å². The number of pyridine rings is 1. The van der Waals surface area contributed by atoms with E-state index in [0.29, 0.717) is 6.04 Å². The van der Waals surface area contributed by atoms with Crippen molar-refractivity contribution < 1.29 is 0 Å². The lowest BCUT2D eigenvalue weighted by Gasteiger charge is -2.18. The molecule has 0 aromatic carbocycles. The van der Waals surface area contributed by atoms with Crippen molar-refractivity contribution in [2.75, 3.05) is 6.54 Å². The van der Waals surface area contributed by atoms with Gasteiger partial charge in [-0.25, -0.2) is 0 Å². The van der Waals surface area contributed by atoms with E-state index in [-0.39, 0.29) is 0 Å². The van der Waals surface area contributed by atoms with Crippen LogP contribution < -0.4 is 5.32 Å². The molecule has 1 heterocycles. The summed E-state index contributed by atoms with van der Waals surface area (Å²) in [6.45, 7) is 7.86. The lowest BCUT2D eigenvalue weighted by Crippen LogP contribution is -2.29. The van der Waals surface area contributed by atoms with Gasteiger partial charge in [-0.15, -0.1) is 0 Å². The van der Waals surface area contributed by atoms with Crippen molar-refractivity contribution in [1.82, 2.24) is 10.3 Å². The number of aromatic nitrogens is 1. The van der Waals surface area contributed by atoms with Gasteiger partial charge < -0.3 is 5.32 Å². The quantitative estimate of drug-likeness (QED) is 0.718. The summed E-state index contributed by atoms with van der Waals surface area (Å²) in [6, 6.07) is 6.82. The minimum Gasteiger partial charge on any atom is -0.314 e. The summed E-state index contributed by atoms with van der Waals surface area (Å²) in [5, 5.41) is 3.60. The summed E-state index contributed by atoms with van der Waals surface area (Å²) < 4.78 is 0. The van der Waals surface area contributed by atoms with Gasteiger partial charge in [0.25, 0.3) is 0 Å². The van der Waals surface area contributed by atoms with Crippen LogP contribution in [0, 0.1) is 5.92 Å². The molecular weight excluding hydrogens is 220 g/mol. The van der Waals surface area contributed by atoms with Crippen molar-refractivity contribution in [1.29, 1.82) is 0 Å². The second-order valence-electron chi connectivity index (χ2n) is 5.44. The molecule has 1 unspecified atom stereocenters. The van der Waals surface area contributed by atoms with Crippen LogP contribution in [0.2, 0.25) is 0 Å². The Morgan fingerprint density at radius 3 is 2.61 bits per heavy atom. The average Bonchev–Trinajstić information content (AvgIpc) is 2.37. The van der Waals surface area contributed by atoms with Crippen molar-refractivity contribution in [3.63, 3.8) is 0 Å². The first-order valence-electron chi connectivity index (χ1n) is 7.35. The molecular formula is C16H28N2. The zero-order chi connectivity index (χ0) is 13.2. The van der Waals surface area contributed by atoms with E-state index in [4.69, 9.17) is 0 Å². The lowest BCUT2D eigenvalue weighted by molar-refractivity contribution is 0.423. The fourth-order valence-electron chi connectivity index (χ4n) is 2.28. The van der Waals surface area contributed by atoms with Gasteiger partial charge in [-0.05, 0) is 43.9 Å². The van der Waals surface area contributed by atoms with E-state index >= 15 is 0 Å². The molecule has 2 nitrogen and oxygen atoms in total. The van der Waals surface area contributed by atoms with Crippen molar-refractivity contribution in [3.05, 3.63) is 30.1 Å². The number of rotatable bonds is 9. The molecule has 0 amide bonds. The first-order chi connectivity index (χ1) is 8.72. The highest BCUT2D eigenvalue weighted by atomic mass is 14.9. The highest BCUT2D eigenvalue weighted by Gasteiger charge is 2.08. The zero-order valence-electron chi connectivity index (χ0n) is 12.2. The molecule has 0 aliphatic rings. The van der Waals surface area contributed by atoms with Gasteiger partial charge in [-0.3, -0.25) is 4.98 Å². The second kappa shape index (κ2) is 9.09. The minimum atomic E-state index is 0.649. The Labute approximate surface area is 112 Å². The summed E-state index contributed by atoms with van der Waals surface area (Å²) in [7, 11) is 0. The molecule has 1 N–H and O–H groups in total. The molecule has 1 rings (SSSR count). The van der Waals surface area contributed by atoms with Gasteiger partial charge in [-0.1, -0.05) is 39.7 Å². The summed E-state index contributed by atoms with van der Waals surface area (Å²) in [4.78, 5) is 4.39. The average molecular weight is 248 g/mol. The highest BCUT2D eigenvalue weighted by molar-refractivity contribution is 5.03. The Hall–Kier alpha value is -0.890. The third-order valence-electron chi connectivity index (χ3n) is 3.30. The molecule has 0 spiro atoms. The lowest BCUT2D eigenvalue weighted by atomic mass is 9.99. The molecule has 102 valence electrons. The first-order valence-corrected chi connectivity index (χ1v) is 7.35. The van der Waals surface area contributed by atoms with E-state index in [2.05, 4.69) is 43.2 Å². The predicted octanol–water partition coefficient (Wildman–Crippen LogP) is 3.82. The van der Waals surface area contributed by atoms with Crippen LogP contribution in [0.4, 0.5) is 0 Å². The predicted molar refractivity (Wildman–Crippen MR) is 78.7 cm³/mol. The molecule has 2 heteroatoms. The van der Waals surface area contributed by atoms with Gasteiger partial charge in [0.05, 0.1) is 0 Å². The Kier molecular flexibility index (Phi) is 7.66. The van der Waals surface area contributed by atoms with Crippen LogP contribution in [0.15, 0.2) is 24.4 Å². The monoisotopic (exact) mass is 248 g/mol. The van der Waals surface area contributed by atoms with Gasteiger partial charge >= 0.3 is 0 Å². The molecule has 1 aromatic rings. The van der Waals surface area contributed by atoms with Gasteiger partial charge in [-0.2, -0.15) is 0 Å². The number of hydrogen-bond donors (Lipinski definition) is 1. The Balaban J connectivity index is 2.28. The highest BCUT2D eigenvalue weighted by Crippen LogP contribution is 2.12. The third kappa shape index (κ3) is 6.75. The van der Waals surface area contributed by atoms with E-state index in [1.165, 1.54) is 31.4 Å². The summed E-state index contributed by atoms with van der Waals surface area (Å²) >= 11 is 0. The molecule has 0 fully saturated rings. The van der Waals surface area contributed by atoms with Crippen molar-refractivity contribution >= 4 is 0 Å². The molecule has 18 heavy (non-hydrogen) atoms. The van der Waals surface area contributed by atoms with Gasteiger partial charge in [0.2, 0.25) is 0 Å². The summed E-state index contributed by atoms with van der Waals surface area (Å²) in [5.74, 6) is 0.822. The van der Waals surface area contributed by atoms with E-state index in [1.54, 1.807) is 0 Å². The van der Waals surface area contributed by atoms with Crippen LogP contribution in [0.3, 0.4) is 0 Å². The third-order valence-corrected chi connectivity index (χ3v) is 3.30. The number of aryl methyl sites for hydroxylation is 1. The molecule has 0 radical (unpaired) electrons. The van der Waals surface area contributed by atoms with Crippen LogP contribution in [-0.2, 0) is 6.42 Å². The molecule has 1 aromatic heterocycles. The van der Waals surface area contributed by atoms with E-state index in [9.17, 15) is 0 Å². The van der Waals surface area contributed by atoms with E-state index in [1.807, 2.05) is 12.3 Å². The first kappa shape index (κ1) is 15.2. The normalized spacial score (nSPS) is 12.9. The van der Waals surface area contributed by atoms with Crippen molar-refractivity contribution in [2.24, 2.45) is 5.92 Å². The standard InChI is InChI=1S/C16H28N2/c1-4-17-15(10-7-8-14(2)3)11-12-16-9-5-6-13-18-16/h5-6,9,13-15,17H,4,7-8,10-12H2,1-3H3. The maximum absolute atomic E-state index is 4.39. The van der Waals surface area contributed by atoms with Gasteiger partial charge in [0, 0.05) is 17.9 Å². The number of hydrogen-bond acceptors (Lipinski definition) is 2. The second-order valence-corrected chi connectivity index (χ2v) is 5.44. The van der Waals surface area contributed by atoms with Crippen LogP contribution in [-0.4, -0.2) is 17.6 Å². The van der Waals surface area contributed by atoms with Gasteiger partial charge in [0.1, 0.15) is 0 Å². The summed E-state index contributed by atoms with van der Waals surface area (Å²) in [6.07, 6.45) is 8.13. The molecule has 0 saturated heterocycles. The van der Waals surface area contributed by atoms with Crippen LogP contribution in [0.5, 0.6) is 0 Å². The van der Waals surface area contributed by atoms with Gasteiger partial charge in [0.15, 0.2) is 0 Å². The summed E-state index contributed by atoms with van der Waals surface area (Å²) in [5.41, 5.74) is 1.21. The molecule has 0 saturated carbocycles. The number of nitrogens with one attached hydrogen (secondary N) is 1.